The summed E-state index contributed by atoms with van der Waals surface area (Å²) in [5.74, 6) is -0.905. The molecule has 2 aliphatic rings. The third-order valence-corrected chi connectivity index (χ3v) is 3.88. The molecule has 0 saturated heterocycles. The zero-order valence-corrected chi connectivity index (χ0v) is 11.2. The average Bonchev–Trinajstić information content (AvgIpc) is 2.38. The van der Waals surface area contributed by atoms with E-state index in [1.807, 2.05) is 0 Å². The van der Waals surface area contributed by atoms with Gasteiger partial charge in [-0.05, 0) is 12.8 Å². The van der Waals surface area contributed by atoms with Gasteiger partial charge in [-0.25, -0.2) is 0 Å². The van der Waals surface area contributed by atoms with Gasteiger partial charge in [-0.2, -0.15) is 0 Å². The first kappa shape index (κ1) is 15.2. The molecule has 0 spiro atoms. The molecule has 3 N–H and O–H groups in total. The van der Waals surface area contributed by atoms with Crippen LogP contribution in [-0.4, -0.2) is 51.0 Å². The number of fused-ring (bicyclic) bond motifs is 2. The van der Waals surface area contributed by atoms with Crippen LogP contribution in [0.3, 0.4) is 0 Å². The molecule has 2 bridgehead atoms. The van der Waals surface area contributed by atoms with Crippen LogP contribution in [-0.2, 0) is 14.3 Å². The molecule has 1 aliphatic carbocycles. The quantitative estimate of drug-likeness (QED) is 0.422. The highest BCUT2D eigenvalue weighted by Gasteiger charge is 2.49. The van der Waals surface area contributed by atoms with Gasteiger partial charge in [-0.1, -0.05) is 12.2 Å². The number of rotatable bonds is 0. The van der Waals surface area contributed by atoms with Crippen LogP contribution in [0.4, 0.5) is 0 Å². The average molecular weight is 284 g/mol. The van der Waals surface area contributed by atoms with Gasteiger partial charge >= 0.3 is 5.97 Å². The summed E-state index contributed by atoms with van der Waals surface area (Å²) in [6.07, 6.45) is 0.900. The molecule has 0 radical (unpaired) electrons. The summed E-state index contributed by atoms with van der Waals surface area (Å²) >= 11 is 0. The zero-order valence-electron chi connectivity index (χ0n) is 11.2. The number of Topliss-reactive ketones (excluding diaryl/α,β-unsaturated/α-hetero) is 1. The number of ether oxygens (including phenoxy) is 1. The molecule has 6 heteroatoms. The summed E-state index contributed by atoms with van der Waals surface area (Å²) in [5, 5.41) is 30.0. The van der Waals surface area contributed by atoms with E-state index in [-0.39, 0.29) is 25.7 Å². The lowest BCUT2D eigenvalue weighted by molar-refractivity contribution is -0.189. The monoisotopic (exact) mass is 284 g/mol. The highest BCUT2D eigenvalue weighted by atomic mass is 16.6. The third-order valence-electron chi connectivity index (χ3n) is 3.88. The number of carbonyl (C=O) groups is 2. The molecule has 1 heterocycles. The Hall–Kier alpha value is -1.24. The third kappa shape index (κ3) is 3.26. The van der Waals surface area contributed by atoms with Crippen LogP contribution in [0.1, 0.15) is 38.5 Å². The maximum absolute atomic E-state index is 12.1. The number of hydrogen-bond acceptors (Lipinski definition) is 6. The van der Waals surface area contributed by atoms with E-state index in [4.69, 9.17) is 4.74 Å². The topological polar surface area (TPSA) is 104 Å². The number of esters is 1. The van der Waals surface area contributed by atoms with Crippen molar-refractivity contribution in [3.05, 3.63) is 12.2 Å². The van der Waals surface area contributed by atoms with Crippen molar-refractivity contribution in [2.75, 3.05) is 0 Å². The normalized spacial score (nSPS) is 41.2. The molecule has 0 amide bonds. The molecule has 0 aromatic heterocycles. The molecular formula is C14H20O6. The Kier molecular flexibility index (Phi) is 4.57. The molecule has 0 aromatic carbocycles. The van der Waals surface area contributed by atoms with E-state index in [1.165, 1.54) is 0 Å². The summed E-state index contributed by atoms with van der Waals surface area (Å²) in [6, 6.07) is 0. The minimum absolute atomic E-state index is 0.163. The van der Waals surface area contributed by atoms with Crippen molar-refractivity contribution in [2.45, 2.75) is 62.4 Å². The van der Waals surface area contributed by atoms with E-state index in [2.05, 4.69) is 0 Å². The van der Waals surface area contributed by atoms with Gasteiger partial charge in [-0.3, -0.25) is 9.59 Å². The van der Waals surface area contributed by atoms with Crippen LogP contribution in [0.2, 0.25) is 0 Å². The Morgan fingerprint density at radius 3 is 2.45 bits per heavy atom. The second-order valence-corrected chi connectivity index (χ2v) is 5.50. The number of hydrogen-bond donors (Lipinski definition) is 3. The number of ketones is 1. The predicted molar refractivity (Wildman–Crippen MR) is 68.7 cm³/mol. The fourth-order valence-corrected chi connectivity index (χ4v) is 2.70. The fourth-order valence-electron chi connectivity index (χ4n) is 2.70. The first-order valence-corrected chi connectivity index (χ1v) is 6.89. The second-order valence-electron chi connectivity index (χ2n) is 5.50. The first-order chi connectivity index (χ1) is 9.42. The van der Waals surface area contributed by atoms with E-state index in [9.17, 15) is 24.9 Å². The van der Waals surface area contributed by atoms with Gasteiger partial charge in [0.2, 0.25) is 0 Å². The number of allylic oxidation sites excluding steroid dienone is 2. The van der Waals surface area contributed by atoms with Gasteiger partial charge in [0, 0.05) is 25.7 Å². The van der Waals surface area contributed by atoms with Crippen molar-refractivity contribution >= 4 is 11.8 Å². The van der Waals surface area contributed by atoms with E-state index in [1.54, 1.807) is 12.2 Å². The summed E-state index contributed by atoms with van der Waals surface area (Å²) in [7, 11) is 0. The number of aliphatic hydroxyl groups is 3. The molecule has 1 fully saturated rings. The van der Waals surface area contributed by atoms with Gasteiger partial charge in [0.05, 0.1) is 6.10 Å². The molecule has 4 atom stereocenters. The van der Waals surface area contributed by atoms with Gasteiger partial charge < -0.3 is 20.1 Å². The molecule has 0 aromatic rings. The predicted octanol–water partition coefficient (Wildman–Crippen LogP) is -0.156. The lowest BCUT2D eigenvalue weighted by Gasteiger charge is -2.40. The van der Waals surface area contributed by atoms with Crippen LogP contribution in [0, 0.1) is 0 Å². The van der Waals surface area contributed by atoms with Gasteiger partial charge in [0.1, 0.15) is 17.8 Å². The van der Waals surface area contributed by atoms with Crippen LogP contribution in [0.5, 0.6) is 0 Å². The lowest BCUT2D eigenvalue weighted by atomic mass is 9.76. The van der Waals surface area contributed by atoms with E-state index < -0.39 is 35.7 Å². The molecule has 0 unspecified atom stereocenters. The van der Waals surface area contributed by atoms with Crippen molar-refractivity contribution in [2.24, 2.45) is 0 Å². The Morgan fingerprint density at radius 2 is 1.75 bits per heavy atom. The zero-order chi connectivity index (χ0) is 14.8. The van der Waals surface area contributed by atoms with Crippen LogP contribution in [0.15, 0.2) is 12.2 Å². The largest absolute Gasteiger partial charge is 0.459 e. The molecule has 20 heavy (non-hydrogen) atoms. The summed E-state index contributed by atoms with van der Waals surface area (Å²) < 4.78 is 5.10. The SMILES string of the molecule is O=C1CC/C=C/CCC(=O)[C@]2(O)C[C@@H](O)[C@@H](O)[C@@H](C2)O1. The van der Waals surface area contributed by atoms with Crippen LogP contribution in [0.25, 0.3) is 0 Å². The molecule has 1 aliphatic heterocycles. The Labute approximate surface area is 117 Å². The minimum Gasteiger partial charge on any atom is -0.459 e. The number of aliphatic hydroxyl groups excluding tert-OH is 2. The lowest BCUT2D eigenvalue weighted by Crippen LogP contribution is -2.57. The minimum atomic E-state index is -1.74. The Morgan fingerprint density at radius 1 is 1.10 bits per heavy atom. The molecule has 112 valence electrons. The molecular weight excluding hydrogens is 264 g/mol. The van der Waals surface area contributed by atoms with E-state index in [0.29, 0.717) is 12.8 Å². The summed E-state index contributed by atoms with van der Waals surface area (Å²) in [4.78, 5) is 23.7. The molecule has 6 nitrogen and oxygen atoms in total. The Balaban J connectivity index is 2.23. The highest BCUT2D eigenvalue weighted by molar-refractivity contribution is 5.87. The van der Waals surface area contributed by atoms with Crippen molar-refractivity contribution in [3.8, 4) is 0 Å². The van der Waals surface area contributed by atoms with Crippen molar-refractivity contribution < 1.29 is 29.6 Å². The highest BCUT2D eigenvalue weighted by Crippen LogP contribution is 2.33. The van der Waals surface area contributed by atoms with Crippen LogP contribution < -0.4 is 0 Å². The van der Waals surface area contributed by atoms with Gasteiger partial charge in [0.15, 0.2) is 5.78 Å². The maximum Gasteiger partial charge on any atom is 0.306 e. The Bertz CT molecular complexity index is 418. The second kappa shape index (κ2) is 6.03. The van der Waals surface area contributed by atoms with Crippen molar-refractivity contribution in [3.63, 3.8) is 0 Å². The van der Waals surface area contributed by atoms with Crippen molar-refractivity contribution in [1.29, 1.82) is 0 Å². The fraction of sp³-hybridized carbons (Fsp3) is 0.714. The standard InChI is InChI=1S/C14H20O6/c15-9-7-14(19)8-10(13(9)18)20-12(17)6-4-2-1-3-5-11(14)16/h1-2,9-10,13,15,18-19H,3-8H2/b2-1+/t9-,10-,13-,14+/m1/s1. The summed E-state index contributed by atoms with van der Waals surface area (Å²) in [5.41, 5.74) is -1.74. The molecule has 2 rings (SSSR count). The first-order valence-electron chi connectivity index (χ1n) is 6.89. The molecule has 1 saturated carbocycles. The van der Waals surface area contributed by atoms with Gasteiger partial charge in [-0.15, -0.1) is 0 Å². The van der Waals surface area contributed by atoms with E-state index in [0.717, 1.165) is 0 Å². The maximum atomic E-state index is 12.1. The summed E-state index contributed by atoms with van der Waals surface area (Å²) in [6.45, 7) is 0. The van der Waals surface area contributed by atoms with Crippen molar-refractivity contribution in [1.82, 2.24) is 0 Å². The van der Waals surface area contributed by atoms with E-state index >= 15 is 0 Å². The van der Waals surface area contributed by atoms with Gasteiger partial charge in [0.25, 0.3) is 0 Å². The smallest absolute Gasteiger partial charge is 0.306 e. The van der Waals surface area contributed by atoms with Crippen LogP contribution >= 0.6 is 0 Å². The number of carbonyl (C=O) groups excluding carboxylic acids is 2.